The number of ketones is 1. The molecule has 198 valence electrons. The van der Waals surface area contributed by atoms with E-state index in [0.29, 0.717) is 15.1 Å². The second-order valence-corrected chi connectivity index (χ2v) is 13.0. The minimum absolute atomic E-state index is 0.0401. The number of hydrogen-bond acceptors (Lipinski definition) is 4. The summed E-state index contributed by atoms with van der Waals surface area (Å²) in [5.41, 5.74) is 0.219. The molecule has 0 radical (unpaired) electrons. The molecular weight excluding hydrogens is 664 g/mol. The summed E-state index contributed by atoms with van der Waals surface area (Å²) in [6.45, 7) is -0.702. The zero-order chi connectivity index (χ0) is 27.9. The zero-order valence-corrected chi connectivity index (χ0v) is 24.6. The molecule has 14 heteroatoms. The number of halogens is 8. The summed E-state index contributed by atoms with van der Waals surface area (Å²) in [5.74, 6) is -6.36. The van der Waals surface area contributed by atoms with Gasteiger partial charge >= 0.3 is 0 Å². The second kappa shape index (κ2) is 9.42. The molecule has 1 saturated heterocycles. The number of imide groups is 1. The van der Waals surface area contributed by atoms with Crippen molar-refractivity contribution in [2.75, 3.05) is 6.54 Å². The third kappa shape index (κ3) is 3.61. The van der Waals surface area contributed by atoms with Gasteiger partial charge in [-0.25, -0.2) is 5.01 Å². The lowest BCUT2D eigenvalue weighted by Gasteiger charge is -2.36. The first-order chi connectivity index (χ1) is 17.7. The Balaban J connectivity index is 1.59. The van der Waals surface area contributed by atoms with E-state index >= 15 is 0 Å². The predicted molar refractivity (Wildman–Crippen MR) is 147 cm³/mol. The molecule has 0 N–H and O–H groups in total. The van der Waals surface area contributed by atoms with Gasteiger partial charge in [-0.15, -0.1) is 23.2 Å². The van der Waals surface area contributed by atoms with Crippen LogP contribution in [0.25, 0.3) is 0 Å². The molecule has 1 saturated carbocycles. The summed E-state index contributed by atoms with van der Waals surface area (Å²) in [6, 6.07) is 11.5. The van der Waals surface area contributed by atoms with Crippen LogP contribution >= 0.6 is 92.8 Å². The van der Waals surface area contributed by atoms with Crippen molar-refractivity contribution in [3.8, 4) is 0 Å². The van der Waals surface area contributed by atoms with Gasteiger partial charge in [0.15, 0.2) is 10.1 Å². The fourth-order valence-electron chi connectivity index (χ4n) is 5.06. The van der Waals surface area contributed by atoms with Crippen molar-refractivity contribution >= 4 is 116 Å². The highest BCUT2D eigenvalue weighted by molar-refractivity contribution is 6.66. The van der Waals surface area contributed by atoms with Gasteiger partial charge in [0.2, 0.25) is 0 Å². The Morgan fingerprint density at radius 2 is 1.11 bits per heavy atom. The first-order valence-electron chi connectivity index (χ1n) is 10.7. The van der Waals surface area contributed by atoms with Crippen molar-refractivity contribution in [3.63, 3.8) is 0 Å². The standard InChI is InChI=1S/C24H12Cl8N2O4/c25-12-5-1-10(2-6-12)14(35)9-33(19(36)11-3-7-13(26)8-4-11)34-20(37)15-16(21(34)38)23(30)18(28)17(27)22(15,29)24(23,31)32/h1-8,15-16H,9H2/t15-,16+,22-,23-/m1/s1. The number of alkyl halides is 4. The molecule has 2 aliphatic carbocycles. The van der Waals surface area contributed by atoms with E-state index in [1.165, 1.54) is 48.5 Å². The summed E-state index contributed by atoms with van der Waals surface area (Å²) in [6.07, 6.45) is 0. The van der Waals surface area contributed by atoms with E-state index < -0.39 is 56.0 Å². The number of carbonyl (C=O) groups excluding carboxylic acids is 4. The summed E-state index contributed by atoms with van der Waals surface area (Å²) in [7, 11) is 0. The highest BCUT2D eigenvalue weighted by Crippen LogP contribution is 2.77. The van der Waals surface area contributed by atoms with Crippen molar-refractivity contribution in [3.05, 3.63) is 79.8 Å². The van der Waals surface area contributed by atoms with Crippen LogP contribution in [0.2, 0.25) is 10.0 Å². The van der Waals surface area contributed by atoms with Crippen LogP contribution in [0.3, 0.4) is 0 Å². The molecule has 1 heterocycles. The summed E-state index contributed by atoms with van der Waals surface area (Å²) in [4.78, 5) is 50.4. The van der Waals surface area contributed by atoms with Crippen molar-refractivity contribution in [1.82, 2.24) is 10.0 Å². The van der Waals surface area contributed by atoms with E-state index in [4.69, 9.17) is 92.8 Å². The molecule has 0 aromatic heterocycles. The van der Waals surface area contributed by atoms with Gasteiger partial charge in [0.1, 0.15) is 16.3 Å². The van der Waals surface area contributed by atoms with Crippen LogP contribution < -0.4 is 0 Å². The average molecular weight is 676 g/mol. The molecule has 3 aliphatic rings. The van der Waals surface area contributed by atoms with E-state index in [1.54, 1.807) is 0 Å². The minimum Gasteiger partial charge on any atom is -0.292 e. The molecule has 2 fully saturated rings. The number of hydrazine groups is 1. The van der Waals surface area contributed by atoms with Crippen LogP contribution in [-0.4, -0.2) is 54.1 Å². The Labute approximate surface area is 256 Å². The SMILES string of the molecule is O=C(CN(C(=O)c1ccc(Cl)cc1)N1C(=O)[C@@H]2[C@H](C1=O)[C@@]1(Cl)C(Cl)=C(Cl)[C@@]2(Cl)C1(Cl)Cl)c1ccc(Cl)cc1. The molecule has 6 nitrogen and oxygen atoms in total. The maximum absolute atomic E-state index is 13.8. The number of hydrogen-bond donors (Lipinski definition) is 0. The van der Waals surface area contributed by atoms with Gasteiger partial charge < -0.3 is 0 Å². The molecule has 2 bridgehead atoms. The molecule has 2 aromatic carbocycles. The van der Waals surface area contributed by atoms with Gasteiger partial charge in [-0.05, 0) is 48.5 Å². The lowest BCUT2D eigenvalue weighted by molar-refractivity contribution is -0.154. The van der Waals surface area contributed by atoms with Gasteiger partial charge in [-0.1, -0.05) is 69.6 Å². The first kappa shape index (κ1) is 28.3. The molecule has 3 amide bonds. The van der Waals surface area contributed by atoms with Crippen LogP contribution in [0, 0.1) is 11.8 Å². The summed E-state index contributed by atoms with van der Waals surface area (Å²) in [5, 5.41) is 1.42. The van der Waals surface area contributed by atoms with Crippen LogP contribution in [0.4, 0.5) is 0 Å². The van der Waals surface area contributed by atoms with Crippen molar-refractivity contribution in [2.24, 2.45) is 11.8 Å². The van der Waals surface area contributed by atoms with E-state index in [1.807, 2.05) is 0 Å². The van der Waals surface area contributed by atoms with Gasteiger partial charge in [0, 0.05) is 21.2 Å². The Morgan fingerprint density at radius 1 is 0.711 bits per heavy atom. The number of nitrogens with zero attached hydrogens (tertiary/aromatic N) is 2. The number of fused-ring (bicyclic) bond motifs is 5. The Morgan fingerprint density at radius 3 is 1.53 bits per heavy atom. The largest absolute Gasteiger partial charge is 0.292 e. The number of carbonyl (C=O) groups is 4. The molecule has 0 unspecified atom stereocenters. The topological polar surface area (TPSA) is 74.8 Å². The molecule has 1 aliphatic heterocycles. The van der Waals surface area contributed by atoms with Crippen molar-refractivity contribution < 1.29 is 19.2 Å². The fourth-order valence-corrected chi connectivity index (χ4v) is 8.24. The van der Waals surface area contributed by atoms with Crippen molar-refractivity contribution in [1.29, 1.82) is 0 Å². The molecule has 38 heavy (non-hydrogen) atoms. The third-order valence-corrected chi connectivity index (χ3v) is 11.7. The van der Waals surface area contributed by atoms with Crippen LogP contribution in [0.15, 0.2) is 58.6 Å². The third-order valence-electron chi connectivity index (χ3n) is 6.91. The first-order valence-corrected chi connectivity index (χ1v) is 13.8. The number of benzene rings is 2. The van der Waals surface area contributed by atoms with E-state index in [-0.39, 0.29) is 21.2 Å². The van der Waals surface area contributed by atoms with Crippen molar-refractivity contribution in [2.45, 2.75) is 14.1 Å². The van der Waals surface area contributed by atoms with Gasteiger partial charge in [-0.2, -0.15) is 5.01 Å². The highest BCUT2D eigenvalue weighted by Gasteiger charge is 2.88. The number of Topliss-reactive ketones (excluding diaryl/α,β-unsaturated/α-hetero) is 1. The quantitative estimate of drug-likeness (QED) is 0.201. The Bertz CT molecular complexity index is 1400. The number of amides is 3. The monoisotopic (exact) mass is 672 g/mol. The fraction of sp³-hybridized carbons (Fsp3) is 0.250. The van der Waals surface area contributed by atoms with Gasteiger partial charge in [0.05, 0.1) is 21.9 Å². The summed E-state index contributed by atoms with van der Waals surface area (Å²) < 4.78 is -2.14. The Hall–Kier alpha value is -1.22. The van der Waals surface area contributed by atoms with E-state index in [2.05, 4.69) is 0 Å². The van der Waals surface area contributed by atoms with Crippen LogP contribution in [0.5, 0.6) is 0 Å². The second-order valence-electron chi connectivity index (χ2n) is 8.87. The summed E-state index contributed by atoms with van der Waals surface area (Å²) >= 11 is 51.1. The molecule has 2 aromatic rings. The lowest BCUT2D eigenvalue weighted by atomic mass is 9.84. The smallest absolute Gasteiger partial charge is 0.273 e. The average Bonchev–Trinajstić information content (AvgIpc) is 3.26. The van der Waals surface area contributed by atoms with E-state index in [0.717, 1.165) is 5.01 Å². The number of allylic oxidation sites excluding steroid dienone is 2. The molecular formula is C24H12Cl8N2O4. The lowest BCUT2D eigenvalue weighted by Crippen LogP contribution is -2.56. The van der Waals surface area contributed by atoms with Gasteiger partial charge in [0.25, 0.3) is 17.7 Å². The normalized spacial score (nSPS) is 29.2. The predicted octanol–water partition coefficient (Wildman–Crippen LogP) is 6.68. The van der Waals surface area contributed by atoms with Gasteiger partial charge in [-0.3, -0.25) is 19.2 Å². The highest BCUT2D eigenvalue weighted by atomic mass is 35.5. The van der Waals surface area contributed by atoms with E-state index in [9.17, 15) is 19.2 Å². The molecule has 4 atom stereocenters. The maximum atomic E-state index is 13.8. The molecule has 5 rings (SSSR count). The van der Waals surface area contributed by atoms with Crippen LogP contribution in [0.1, 0.15) is 20.7 Å². The number of rotatable bonds is 5. The maximum Gasteiger partial charge on any atom is 0.273 e. The van der Waals surface area contributed by atoms with Crippen LogP contribution in [-0.2, 0) is 9.59 Å². The Kier molecular flexibility index (Phi) is 7.02. The molecule has 0 spiro atoms. The zero-order valence-electron chi connectivity index (χ0n) is 18.5. The minimum atomic E-state index is -2.14.